The van der Waals surface area contributed by atoms with E-state index in [1.54, 1.807) is 0 Å². The van der Waals surface area contributed by atoms with Gasteiger partial charge in [-0.2, -0.15) is 0 Å². The first-order chi connectivity index (χ1) is 9.22. The van der Waals surface area contributed by atoms with Gasteiger partial charge in [-0.25, -0.2) is 0 Å². The molecule has 1 aromatic heterocycles. The fourth-order valence-corrected chi connectivity index (χ4v) is 2.45. The molecule has 5 nitrogen and oxygen atoms in total. The van der Waals surface area contributed by atoms with Crippen LogP contribution >= 0.6 is 0 Å². The van der Waals surface area contributed by atoms with E-state index >= 15 is 0 Å². The van der Waals surface area contributed by atoms with Crippen molar-refractivity contribution in [3.63, 3.8) is 0 Å². The minimum Gasteiger partial charge on any atom is -0.380 e. The van der Waals surface area contributed by atoms with E-state index in [0.29, 0.717) is 12.0 Å². The first kappa shape index (κ1) is 14.5. The Bertz CT molecular complexity index is 389. The van der Waals surface area contributed by atoms with E-state index in [1.165, 1.54) is 12.8 Å². The molecule has 2 rings (SSSR count). The van der Waals surface area contributed by atoms with Crippen LogP contribution in [0.4, 0.5) is 0 Å². The molecule has 108 valence electrons. The van der Waals surface area contributed by atoms with E-state index in [1.807, 2.05) is 6.92 Å². The van der Waals surface area contributed by atoms with Crippen molar-refractivity contribution >= 4 is 0 Å². The van der Waals surface area contributed by atoms with Crippen molar-refractivity contribution in [2.24, 2.45) is 5.92 Å². The summed E-state index contributed by atoms with van der Waals surface area (Å²) in [4.78, 5) is 0. The maximum absolute atomic E-state index is 5.53. The molecule has 0 unspecified atom stereocenters. The third-order valence-electron chi connectivity index (χ3n) is 3.76. The van der Waals surface area contributed by atoms with Crippen molar-refractivity contribution in [3.8, 4) is 0 Å². The average Bonchev–Trinajstić information content (AvgIpc) is 2.82. The quantitative estimate of drug-likeness (QED) is 0.817. The van der Waals surface area contributed by atoms with Gasteiger partial charge in [0.05, 0.1) is 13.2 Å². The molecule has 0 amide bonds. The van der Waals surface area contributed by atoms with Crippen LogP contribution in [0.5, 0.6) is 0 Å². The number of aryl methyl sites for hydroxylation is 1. The lowest BCUT2D eigenvalue weighted by Gasteiger charge is -2.22. The highest BCUT2D eigenvalue weighted by Gasteiger charge is 2.18. The van der Waals surface area contributed by atoms with Gasteiger partial charge in [0.25, 0.3) is 0 Å². The number of rotatable bonds is 7. The summed E-state index contributed by atoms with van der Waals surface area (Å²) in [5.74, 6) is 2.76. The Kier molecular flexibility index (Phi) is 5.34. The van der Waals surface area contributed by atoms with Crippen LogP contribution in [0.25, 0.3) is 0 Å². The first-order valence-electron chi connectivity index (χ1n) is 7.44. The van der Waals surface area contributed by atoms with Gasteiger partial charge in [-0.05, 0) is 25.7 Å². The SMILES string of the molecule is CCOC[C@@H](NCc1nnc2n1CCCC2)C(C)C. The number of ether oxygens (including phenoxy) is 1. The molecule has 1 aliphatic heterocycles. The molecule has 0 bridgehead atoms. The molecule has 0 saturated carbocycles. The number of hydrogen-bond acceptors (Lipinski definition) is 4. The Hall–Kier alpha value is -0.940. The van der Waals surface area contributed by atoms with E-state index in [2.05, 4.69) is 33.9 Å². The summed E-state index contributed by atoms with van der Waals surface area (Å²) in [7, 11) is 0. The maximum atomic E-state index is 5.53. The van der Waals surface area contributed by atoms with Crippen molar-refractivity contribution in [2.75, 3.05) is 13.2 Å². The smallest absolute Gasteiger partial charge is 0.147 e. The normalized spacial score (nSPS) is 16.6. The molecule has 19 heavy (non-hydrogen) atoms. The van der Waals surface area contributed by atoms with Gasteiger partial charge in [-0.3, -0.25) is 0 Å². The van der Waals surface area contributed by atoms with Crippen molar-refractivity contribution in [3.05, 3.63) is 11.6 Å². The summed E-state index contributed by atoms with van der Waals surface area (Å²) < 4.78 is 7.81. The molecule has 0 aromatic carbocycles. The third kappa shape index (κ3) is 3.76. The number of hydrogen-bond donors (Lipinski definition) is 1. The summed E-state index contributed by atoms with van der Waals surface area (Å²) >= 11 is 0. The van der Waals surface area contributed by atoms with Crippen molar-refractivity contribution in [1.29, 1.82) is 0 Å². The molecule has 1 N–H and O–H groups in total. The highest BCUT2D eigenvalue weighted by atomic mass is 16.5. The molecule has 0 spiro atoms. The summed E-state index contributed by atoms with van der Waals surface area (Å²) in [6.07, 6.45) is 3.55. The molecule has 0 fully saturated rings. The van der Waals surface area contributed by atoms with Gasteiger partial charge in [-0.15, -0.1) is 10.2 Å². The van der Waals surface area contributed by atoms with E-state index in [0.717, 1.165) is 44.4 Å². The van der Waals surface area contributed by atoms with Gasteiger partial charge >= 0.3 is 0 Å². The molecule has 0 radical (unpaired) electrons. The molecule has 5 heteroatoms. The Labute approximate surface area is 115 Å². The van der Waals surface area contributed by atoms with Gasteiger partial charge in [0.2, 0.25) is 0 Å². The van der Waals surface area contributed by atoms with Gasteiger partial charge in [-0.1, -0.05) is 13.8 Å². The Morgan fingerprint density at radius 2 is 2.16 bits per heavy atom. The monoisotopic (exact) mass is 266 g/mol. The number of nitrogens with one attached hydrogen (secondary N) is 1. The van der Waals surface area contributed by atoms with Crippen LogP contribution < -0.4 is 5.32 Å². The first-order valence-corrected chi connectivity index (χ1v) is 7.44. The molecule has 0 saturated heterocycles. The Morgan fingerprint density at radius 3 is 2.89 bits per heavy atom. The second-order valence-corrected chi connectivity index (χ2v) is 5.53. The van der Waals surface area contributed by atoms with E-state index in [-0.39, 0.29) is 0 Å². The Morgan fingerprint density at radius 1 is 1.32 bits per heavy atom. The van der Waals surface area contributed by atoms with Crippen LogP contribution in [0, 0.1) is 5.92 Å². The summed E-state index contributed by atoms with van der Waals surface area (Å²) in [6.45, 7) is 9.85. The molecule has 0 aliphatic carbocycles. The van der Waals surface area contributed by atoms with Gasteiger partial charge < -0.3 is 14.6 Å². The number of nitrogens with zero attached hydrogens (tertiary/aromatic N) is 3. The molecule has 2 heterocycles. The van der Waals surface area contributed by atoms with E-state index in [9.17, 15) is 0 Å². The molecule has 1 atom stereocenters. The van der Waals surface area contributed by atoms with Gasteiger partial charge in [0.15, 0.2) is 0 Å². The Balaban J connectivity index is 1.91. The topological polar surface area (TPSA) is 52.0 Å². The zero-order valence-corrected chi connectivity index (χ0v) is 12.4. The summed E-state index contributed by atoms with van der Waals surface area (Å²) in [6, 6.07) is 0.372. The van der Waals surface area contributed by atoms with Gasteiger partial charge in [0.1, 0.15) is 11.6 Å². The lowest BCUT2D eigenvalue weighted by Crippen LogP contribution is -2.38. The fourth-order valence-electron chi connectivity index (χ4n) is 2.45. The lowest BCUT2D eigenvalue weighted by atomic mass is 10.1. The van der Waals surface area contributed by atoms with Crippen LogP contribution in [0.2, 0.25) is 0 Å². The largest absolute Gasteiger partial charge is 0.380 e. The second kappa shape index (κ2) is 7.01. The second-order valence-electron chi connectivity index (χ2n) is 5.53. The fraction of sp³-hybridized carbons (Fsp3) is 0.857. The van der Waals surface area contributed by atoms with Crippen LogP contribution in [0.1, 0.15) is 45.3 Å². The number of aromatic nitrogens is 3. The highest BCUT2D eigenvalue weighted by molar-refractivity contribution is 4.99. The van der Waals surface area contributed by atoms with Crippen molar-refractivity contribution < 1.29 is 4.74 Å². The van der Waals surface area contributed by atoms with E-state index < -0.39 is 0 Å². The van der Waals surface area contributed by atoms with Gasteiger partial charge in [0, 0.05) is 25.6 Å². The van der Waals surface area contributed by atoms with Crippen LogP contribution in [-0.4, -0.2) is 34.0 Å². The van der Waals surface area contributed by atoms with Crippen molar-refractivity contribution in [2.45, 2.75) is 59.2 Å². The zero-order chi connectivity index (χ0) is 13.7. The molecular formula is C14H26N4O. The predicted octanol–water partition coefficient (Wildman–Crippen LogP) is 1.77. The zero-order valence-electron chi connectivity index (χ0n) is 12.4. The minimum atomic E-state index is 0.372. The predicted molar refractivity (Wildman–Crippen MR) is 74.9 cm³/mol. The molecular weight excluding hydrogens is 240 g/mol. The standard InChI is InChI=1S/C14H26N4O/c1-4-19-10-12(11(2)3)15-9-14-17-16-13-7-5-6-8-18(13)14/h11-12,15H,4-10H2,1-3H3/t12-/m1/s1. The molecule has 1 aliphatic rings. The summed E-state index contributed by atoms with van der Waals surface area (Å²) in [5.41, 5.74) is 0. The average molecular weight is 266 g/mol. The lowest BCUT2D eigenvalue weighted by molar-refractivity contribution is 0.107. The van der Waals surface area contributed by atoms with Crippen molar-refractivity contribution in [1.82, 2.24) is 20.1 Å². The van der Waals surface area contributed by atoms with Crippen LogP contribution in [-0.2, 0) is 24.2 Å². The third-order valence-corrected chi connectivity index (χ3v) is 3.76. The van der Waals surface area contributed by atoms with Crippen LogP contribution in [0.3, 0.4) is 0 Å². The minimum absolute atomic E-state index is 0.372. The summed E-state index contributed by atoms with van der Waals surface area (Å²) in [5, 5.41) is 12.2. The maximum Gasteiger partial charge on any atom is 0.147 e. The number of fused-ring (bicyclic) bond motifs is 1. The molecule has 1 aromatic rings. The highest BCUT2D eigenvalue weighted by Crippen LogP contribution is 2.14. The van der Waals surface area contributed by atoms with Crippen LogP contribution in [0.15, 0.2) is 0 Å². The van der Waals surface area contributed by atoms with E-state index in [4.69, 9.17) is 4.74 Å².